The minimum absolute atomic E-state index is 0.0210. The molecule has 41 heavy (non-hydrogen) atoms. The third-order valence-electron chi connectivity index (χ3n) is 6.92. The second-order valence-electron chi connectivity index (χ2n) is 11.2. The van der Waals surface area contributed by atoms with Gasteiger partial charge in [0.2, 0.25) is 15.9 Å². The van der Waals surface area contributed by atoms with Gasteiger partial charge in [-0.15, -0.1) is 0 Å². The molecule has 2 aromatic rings. The Morgan fingerprint density at radius 3 is 2.71 bits per heavy atom. The number of carbonyl (C=O) groups excluding carboxylic acids is 1. The van der Waals surface area contributed by atoms with Gasteiger partial charge in [-0.25, -0.2) is 36.9 Å². The lowest BCUT2D eigenvalue weighted by Gasteiger charge is -2.25. The van der Waals surface area contributed by atoms with Crippen LogP contribution in [-0.4, -0.2) is 77.2 Å². The predicted molar refractivity (Wildman–Crippen MR) is 154 cm³/mol. The van der Waals surface area contributed by atoms with Gasteiger partial charge >= 0.3 is 0 Å². The first-order valence-corrected chi connectivity index (χ1v) is 15.0. The number of hydrogen-bond donors (Lipinski definition) is 2. The van der Waals surface area contributed by atoms with Crippen LogP contribution in [-0.2, 0) is 14.8 Å². The number of rotatable bonds is 6. The molecule has 1 fully saturated rings. The Labute approximate surface area is 241 Å². The number of sulfonamides is 1. The summed E-state index contributed by atoms with van der Waals surface area (Å²) >= 11 is 6.28. The highest BCUT2D eigenvalue weighted by Crippen LogP contribution is 2.29. The molecule has 5 rings (SSSR count). The summed E-state index contributed by atoms with van der Waals surface area (Å²) in [7, 11) is -4.35. The molecule has 4 heterocycles. The smallest absolute Gasteiger partial charge is 0.243 e. The van der Waals surface area contributed by atoms with Crippen molar-refractivity contribution in [2.24, 2.45) is 10.4 Å². The van der Waals surface area contributed by atoms with E-state index in [0.717, 1.165) is 12.5 Å². The molecule has 1 amide bonds. The van der Waals surface area contributed by atoms with Gasteiger partial charge in [0.25, 0.3) is 0 Å². The van der Waals surface area contributed by atoms with E-state index in [9.17, 15) is 22.0 Å². The number of aromatic nitrogens is 3. The molecular formula is C27H30ClF2N7O3S. The monoisotopic (exact) mass is 605 g/mol. The average molecular weight is 606 g/mol. The SMILES string of the molecule is CC(C)(C)C(=O)N1CCC(Nc2ncnc3ccc(C4=CC(NS(=O)(=O)C5=CCC(F)C=C5F)C(Cl)N=C4)nc23)C1. The molecule has 2 aromatic heterocycles. The van der Waals surface area contributed by atoms with Crippen molar-refractivity contribution in [3.8, 4) is 0 Å². The molecule has 2 aliphatic heterocycles. The van der Waals surface area contributed by atoms with Crippen LogP contribution in [0.1, 0.15) is 39.3 Å². The molecule has 10 nitrogen and oxygen atoms in total. The molecule has 4 unspecified atom stereocenters. The molecule has 0 saturated carbocycles. The minimum atomic E-state index is -4.35. The molecule has 0 radical (unpaired) electrons. The molecule has 0 spiro atoms. The van der Waals surface area contributed by atoms with Crippen molar-refractivity contribution in [3.05, 3.63) is 53.1 Å². The number of amides is 1. The first-order valence-electron chi connectivity index (χ1n) is 13.1. The standard InChI is InChI=1S/C27H30ClF2N7O3S/c1-27(2,3)26(38)37-9-8-17(13-37)34-25-23-20(32-14-33-25)6-5-19(35-23)15-10-21(24(28)31-12-15)36-41(39,40)22-7-4-16(29)11-18(22)30/h5-7,10-12,14,16-17,21,24,36H,4,8-9,13H2,1-3H3,(H,32,33,34). The molecule has 1 saturated heterocycles. The van der Waals surface area contributed by atoms with Gasteiger partial charge in [0.15, 0.2) is 5.82 Å². The van der Waals surface area contributed by atoms with Gasteiger partial charge < -0.3 is 10.2 Å². The van der Waals surface area contributed by atoms with Crippen LogP contribution in [0.25, 0.3) is 16.6 Å². The van der Waals surface area contributed by atoms with Crippen molar-refractivity contribution in [1.29, 1.82) is 0 Å². The van der Waals surface area contributed by atoms with Crippen LogP contribution in [0.5, 0.6) is 0 Å². The molecular weight excluding hydrogens is 576 g/mol. The second-order valence-corrected chi connectivity index (χ2v) is 13.3. The summed E-state index contributed by atoms with van der Waals surface area (Å²) < 4.78 is 55.8. The van der Waals surface area contributed by atoms with Gasteiger partial charge in [0.05, 0.1) is 17.3 Å². The van der Waals surface area contributed by atoms with Crippen molar-refractivity contribution >= 4 is 56.2 Å². The van der Waals surface area contributed by atoms with Gasteiger partial charge in [-0.05, 0) is 24.6 Å². The third kappa shape index (κ3) is 6.31. The number of aliphatic imine (C=N–C) groups is 1. The molecule has 0 bridgehead atoms. The third-order valence-corrected chi connectivity index (χ3v) is 8.83. The highest BCUT2D eigenvalue weighted by atomic mass is 35.5. The van der Waals surface area contributed by atoms with E-state index in [-0.39, 0.29) is 18.4 Å². The number of anilines is 1. The number of nitrogens with one attached hydrogen (secondary N) is 2. The van der Waals surface area contributed by atoms with Crippen LogP contribution in [0.4, 0.5) is 14.6 Å². The van der Waals surface area contributed by atoms with E-state index in [1.165, 1.54) is 12.5 Å². The zero-order valence-corrected chi connectivity index (χ0v) is 24.3. The second kappa shape index (κ2) is 11.2. The Hall–Kier alpha value is -3.29. The van der Waals surface area contributed by atoms with Crippen LogP contribution >= 0.6 is 11.6 Å². The number of halogens is 3. The summed E-state index contributed by atoms with van der Waals surface area (Å²) in [6, 6.07) is 2.43. The molecule has 3 aliphatic rings. The van der Waals surface area contributed by atoms with Crippen LogP contribution in [0.15, 0.2) is 52.4 Å². The van der Waals surface area contributed by atoms with E-state index >= 15 is 0 Å². The quantitative estimate of drug-likeness (QED) is 0.377. The lowest BCUT2D eigenvalue weighted by molar-refractivity contribution is -0.138. The Kier molecular flexibility index (Phi) is 7.96. The predicted octanol–water partition coefficient (Wildman–Crippen LogP) is 3.88. The lowest BCUT2D eigenvalue weighted by atomic mass is 9.95. The number of allylic oxidation sites excluding steroid dienone is 4. The number of hydrogen-bond acceptors (Lipinski definition) is 8. The fourth-order valence-corrected chi connectivity index (χ4v) is 6.43. The number of dihydropyridines is 1. The number of carbonyl (C=O) groups is 1. The van der Waals surface area contributed by atoms with Crippen molar-refractivity contribution in [2.75, 3.05) is 18.4 Å². The van der Waals surface area contributed by atoms with Crippen LogP contribution in [0.3, 0.4) is 0 Å². The van der Waals surface area contributed by atoms with Gasteiger partial charge in [-0.3, -0.25) is 9.79 Å². The first kappa shape index (κ1) is 29.2. The van der Waals surface area contributed by atoms with Crippen molar-refractivity contribution < 1.29 is 22.0 Å². The normalized spacial score (nSPS) is 25.1. The molecule has 0 aromatic carbocycles. The number of alkyl halides is 2. The summed E-state index contributed by atoms with van der Waals surface area (Å²) in [5, 5.41) is 3.39. The van der Waals surface area contributed by atoms with Gasteiger partial charge in [-0.2, -0.15) is 0 Å². The minimum Gasteiger partial charge on any atom is -0.364 e. The summed E-state index contributed by atoms with van der Waals surface area (Å²) in [6.07, 6.45) is 5.02. The zero-order chi connectivity index (χ0) is 29.5. The summed E-state index contributed by atoms with van der Waals surface area (Å²) in [5.74, 6) is -0.563. The van der Waals surface area contributed by atoms with Gasteiger partial charge in [-0.1, -0.05) is 44.5 Å². The Balaban J connectivity index is 1.37. The molecule has 1 aliphatic carbocycles. The summed E-state index contributed by atoms with van der Waals surface area (Å²) in [6.45, 7) is 6.87. The number of nitrogens with zero attached hydrogens (tertiary/aromatic N) is 5. The van der Waals surface area contributed by atoms with Gasteiger partial charge in [0, 0.05) is 42.8 Å². The molecule has 218 valence electrons. The molecule has 4 atom stereocenters. The van der Waals surface area contributed by atoms with Crippen molar-refractivity contribution in [1.82, 2.24) is 24.6 Å². The number of fused-ring (bicyclic) bond motifs is 1. The maximum Gasteiger partial charge on any atom is 0.243 e. The zero-order valence-electron chi connectivity index (χ0n) is 22.7. The largest absolute Gasteiger partial charge is 0.364 e. The van der Waals surface area contributed by atoms with Crippen LogP contribution < -0.4 is 10.0 Å². The Morgan fingerprint density at radius 1 is 1.20 bits per heavy atom. The van der Waals surface area contributed by atoms with Crippen LogP contribution in [0.2, 0.25) is 0 Å². The highest BCUT2D eigenvalue weighted by Gasteiger charge is 2.34. The van der Waals surface area contributed by atoms with E-state index in [0.29, 0.717) is 47.3 Å². The average Bonchev–Trinajstić information content (AvgIpc) is 3.37. The van der Waals surface area contributed by atoms with E-state index in [1.807, 2.05) is 25.7 Å². The van der Waals surface area contributed by atoms with Gasteiger partial charge in [0.1, 0.15) is 34.2 Å². The molecule has 14 heteroatoms. The fourth-order valence-electron chi connectivity index (χ4n) is 4.85. The lowest BCUT2D eigenvalue weighted by Crippen LogP contribution is -2.41. The Morgan fingerprint density at radius 2 is 1.98 bits per heavy atom. The summed E-state index contributed by atoms with van der Waals surface area (Å²) in [4.78, 5) is 31.5. The summed E-state index contributed by atoms with van der Waals surface area (Å²) in [5.41, 5.74) is 0.556. The number of likely N-dealkylation sites (tertiary alicyclic amines) is 1. The van der Waals surface area contributed by atoms with Crippen molar-refractivity contribution in [3.63, 3.8) is 0 Å². The van der Waals surface area contributed by atoms with E-state index in [4.69, 9.17) is 16.6 Å². The van der Waals surface area contributed by atoms with E-state index in [1.54, 1.807) is 18.2 Å². The van der Waals surface area contributed by atoms with E-state index in [2.05, 4.69) is 25.0 Å². The topological polar surface area (TPSA) is 130 Å². The fraction of sp³-hybridized carbons (Fsp3) is 0.444. The maximum atomic E-state index is 14.2. The first-order chi connectivity index (χ1) is 19.3. The number of pyridine rings is 1. The highest BCUT2D eigenvalue weighted by molar-refractivity contribution is 7.93. The van der Waals surface area contributed by atoms with E-state index < -0.39 is 43.9 Å². The van der Waals surface area contributed by atoms with Crippen molar-refractivity contribution in [2.45, 2.75) is 57.4 Å². The Bertz CT molecular complexity index is 1600. The molecule has 2 N–H and O–H groups in total. The maximum absolute atomic E-state index is 14.2. The van der Waals surface area contributed by atoms with Crippen LogP contribution in [0, 0.1) is 5.41 Å².